The van der Waals surface area contributed by atoms with Gasteiger partial charge in [-0.2, -0.15) is 15.2 Å². The van der Waals surface area contributed by atoms with Crippen LogP contribution in [0.25, 0.3) is 10.8 Å². The van der Waals surface area contributed by atoms with Gasteiger partial charge in [0.15, 0.2) is 0 Å². The van der Waals surface area contributed by atoms with Gasteiger partial charge in [-0.1, -0.05) is 24.3 Å². The molecule has 43 heavy (non-hydrogen) atoms. The number of nitroso groups, excluding NO2 is 1. The van der Waals surface area contributed by atoms with Crippen molar-refractivity contribution in [2.24, 2.45) is 0 Å². The molecule has 0 bridgehead atoms. The molecule has 4 aliphatic heterocycles. The maximum absolute atomic E-state index is 12.9. The zero-order chi connectivity index (χ0) is 29.5. The summed E-state index contributed by atoms with van der Waals surface area (Å²) in [6.45, 7) is 5.21. The monoisotopic (exact) mass is 584 g/mol. The quantitative estimate of drug-likeness (QED) is 0.299. The van der Waals surface area contributed by atoms with Gasteiger partial charge >= 0.3 is 12.2 Å². The highest BCUT2D eigenvalue weighted by Gasteiger charge is 2.46. The number of fused-ring (bicyclic) bond motifs is 2. The van der Waals surface area contributed by atoms with Gasteiger partial charge < -0.3 is 24.5 Å². The van der Waals surface area contributed by atoms with E-state index in [1.807, 2.05) is 24.3 Å². The number of hydrogen-bond acceptors (Lipinski definition) is 10. The minimum absolute atomic E-state index is 0.201. The zero-order valence-electron chi connectivity index (χ0n) is 24.5. The summed E-state index contributed by atoms with van der Waals surface area (Å²) in [5.74, 6) is 1.08. The fraction of sp³-hybridized carbons (Fsp3) is 0.516. The second kappa shape index (κ2) is 11.5. The number of anilines is 2. The van der Waals surface area contributed by atoms with Gasteiger partial charge in [0.2, 0.25) is 0 Å². The molecule has 3 saturated heterocycles. The van der Waals surface area contributed by atoms with Crippen LogP contribution in [0.15, 0.2) is 36.4 Å². The number of ether oxygens (including phenoxy) is 1. The zero-order valence-corrected chi connectivity index (χ0v) is 24.5. The third-order valence-electron chi connectivity index (χ3n) is 9.25. The number of likely N-dealkylation sites (N-methyl/N-ethyl adjacent to an activating group) is 1. The van der Waals surface area contributed by atoms with Crippen LogP contribution in [0, 0.1) is 16.2 Å². The van der Waals surface area contributed by atoms with Crippen LogP contribution in [0.3, 0.4) is 0 Å². The summed E-state index contributed by atoms with van der Waals surface area (Å²) in [5, 5.41) is 27.0. The number of nitriles is 1. The van der Waals surface area contributed by atoms with Gasteiger partial charge in [-0.3, -0.25) is 0 Å². The van der Waals surface area contributed by atoms with Crippen LogP contribution in [0.1, 0.15) is 30.5 Å². The molecular weight excluding hydrogens is 546 g/mol. The van der Waals surface area contributed by atoms with Crippen molar-refractivity contribution in [1.82, 2.24) is 25.2 Å². The van der Waals surface area contributed by atoms with Crippen molar-refractivity contribution in [2.45, 2.75) is 50.5 Å². The summed E-state index contributed by atoms with van der Waals surface area (Å²) in [7, 11) is 2.13. The third-order valence-corrected chi connectivity index (χ3v) is 9.25. The van der Waals surface area contributed by atoms with Gasteiger partial charge in [0.25, 0.3) is 0 Å². The highest BCUT2D eigenvalue weighted by atomic mass is 16.5. The molecule has 12 nitrogen and oxygen atoms in total. The number of aromatic hydroxyl groups is 1. The minimum atomic E-state index is -0.237. The number of piperazine rings is 1. The first kappa shape index (κ1) is 27.6. The second-order valence-corrected chi connectivity index (χ2v) is 12.1. The fourth-order valence-corrected chi connectivity index (χ4v) is 6.78. The number of nitrogens with zero attached hydrogens (tertiary/aromatic N) is 8. The van der Waals surface area contributed by atoms with Crippen LogP contribution in [0.5, 0.6) is 11.8 Å². The first-order valence-corrected chi connectivity index (χ1v) is 15.3. The van der Waals surface area contributed by atoms with Crippen LogP contribution in [0.4, 0.5) is 11.5 Å². The lowest BCUT2D eigenvalue weighted by Gasteiger charge is -2.39. The Kier molecular flexibility index (Phi) is 7.36. The number of likely N-dealkylation sites (tertiary alicyclic amines) is 1. The van der Waals surface area contributed by atoms with Crippen molar-refractivity contribution in [3.05, 3.63) is 52.6 Å². The average Bonchev–Trinajstić information content (AvgIpc) is 3.79. The normalized spacial score (nSPS) is 23.7. The maximum Gasteiger partial charge on any atom is 0.318 e. The van der Waals surface area contributed by atoms with E-state index in [-0.39, 0.29) is 24.4 Å². The summed E-state index contributed by atoms with van der Waals surface area (Å²) < 4.78 is 6.28. The Morgan fingerprint density at radius 3 is 2.79 bits per heavy atom. The van der Waals surface area contributed by atoms with Crippen molar-refractivity contribution in [1.29, 1.82) is 5.26 Å². The predicted molar refractivity (Wildman–Crippen MR) is 162 cm³/mol. The number of hydrogen-bond donors (Lipinski definition) is 2. The maximum atomic E-state index is 12.9. The van der Waals surface area contributed by atoms with E-state index in [2.05, 4.69) is 39.2 Å². The number of phenolic OH excluding ortho intramolecular Hbond substituents is 1. The molecule has 0 amide bonds. The molecule has 4 aliphatic rings. The Bertz CT molecular complexity index is 1570. The van der Waals surface area contributed by atoms with Gasteiger partial charge in [-0.15, -0.1) is 5.01 Å². The van der Waals surface area contributed by atoms with Crippen molar-refractivity contribution in [3.63, 3.8) is 0 Å². The van der Waals surface area contributed by atoms with Crippen molar-refractivity contribution < 1.29 is 14.7 Å². The van der Waals surface area contributed by atoms with E-state index in [0.29, 0.717) is 51.4 Å². The molecule has 2 aromatic carbocycles. The molecule has 5 heterocycles. The Labute approximate surface area is 251 Å². The Morgan fingerprint density at radius 1 is 1.14 bits per heavy atom. The van der Waals surface area contributed by atoms with Gasteiger partial charge in [-0.25, -0.2) is 5.32 Å². The standard InChI is InChI=1S/C31H37N9O3/c1-36-11-4-6-23(36)20-43-31-34-27-19-37(28-16-24(41)15-21-5-2-3-7-25(21)28)12-9-26(27)30(35-31)38-13-14-39(22(18-38)8-10-32)40(42)29-17-33-29/h2-3,5,7,15-16,22-23,29,33H,4,6,8-9,11-14,17-20H2,1H3/p+1/t22-,23-,29-/m0/s1. The van der Waals surface area contributed by atoms with E-state index >= 15 is 0 Å². The molecule has 7 rings (SSSR count). The van der Waals surface area contributed by atoms with E-state index < -0.39 is 0 Å². The smallest absolute Gasteiger partial charge is 0.318 e. The summed E-state index contributed by atoms with van der Waals surface area (Å²) in [5.41, 5.74) is 2.96. The van der Waals surface area contributed by atoms with E-state index in [1.165, 1.54) is 0 Å². The van der Waals surface area contributed by atoms with E-state index in [9.17, 15) is 15.3 Å². The number of phenols is 1. The van der Waals surface area contributed by atoms with Crippen LogP contribution in [-0.2, 0) is 13.0 Å². The number of rotatable bonds is 8. The van der Waals surface area contributed by atoms with E-state index in [0.717, 1.165) is 70.8 Å². The first-order valence-electron chi connectivity index (χ1n) is 15.3. The van der Waals surface area contributed by atoms with Gasteiger partial charge in [0, 0.05) is 48.4 Å². The first-order chi connectivity index (χ1) is 21.0. The SMILES string of the molecule is CN1CCC[C@H]1COc1nc2c(c(N3CCN([N+](=O)[C@H]4CN4)[C@@H](CC#N)C3)n1)CCN(c1cc(O)cc3ccccc13)C2. The summed E-state index contributed by atoms with van der Waals surface area (Å²) >= 11 is 0. The molecule has 0 saturated carbocycles. The summed E-state index contributed by atoms with van der Waals surface area (Å²) in [6, 6.07) is 14.5. The topological polar surface area (TPSA) is 134 Å². The highest BCUT2D eigenvalue weighted by molar-refractivity contribution is 5.95. The van der Waals surface area contributed by atoms with Crippen molar-refractivity contribution in [3.8, 4) is 17.8 Å². The fourth-order valence-electron chi connectivity index (χ4n) is 6.78. The lowest BCUT2D eigenvalue weighted by atomic mass is 10.0. The molecule has 0 spiro atoms. The molecule has 0 radical (unpaired) electrons. The summed E-state index contributed by atoms with van der Waals surface area (Å²) in [4.78, 5) is 30.6. The highest BCUT2D eigenvalue weighted by Crippen LogP contribution is 2.37. The molecule has 12 heteroatoms. The van der Waals surface area contributed by atoms with E-state index in [4.69, 9.17) is 14.7 Å². The molecule has 3 atom stereocenters. The molecule has 3 fully saturated rings. The lowest BCUT2D eigenvalue weighted by molar-refractivity contribution is -0.727. The minimum Gasteiger partial charge on any atom is -0.508 e. The van der Waals surface area contributed by atoms with Crippen LogP contribution in [-0.4, -0.2) is 101 Å². The molecule has 0 aliphatic carbocycles. The van der Waals surface area contributed by atoms with Crippen LogP contribution < -0.4 is 19.9 Å². The molecular formula is C31H38N9O3+. The molecule has 0 unspecified atom stereocenters. The summed E-state index contributed by atoms with van der Waals surface area (Å²) in [6.07, 6.45) is 3.03. The van der Waals surface area contributed by atoms with Gasteiger partial charge in [-0.05, 0) is 44.3 Å². The Morgan fingerprint density at radius 2 is 2.00 bits per heavy atom. The van der Waals surface area contributed by atoms with Gasteiger partial charge in [0.1, 0.15) is 29.1 Å². The predicted octanol–water partition coefficient (Wildman–Crippen LogP) is 2.40. The van der Waals surface area contributed by atoms with Crippen LogP contribution >= 0.6 is 0 Å². The molecule has 3 aromatic rings. The Hall–Kier alpha value is -4.21. The van der Waals surface area contributed by atoms with E-state index in [1.54, 1.807) is 11.1 Å². The van der Waals surface area contributed by atoms with Crippen molar-refractivity contribution in [2.75, 3.05) is 62.7 Å². The third kappa shape index (κ3) is 5.50. The number of benzene rings is 2. The largest absolute Gasteiger partial charge is 0.508 e. The van der Waals surface area contributed by atoms with Crippen molar-refractivity contribution >= 4 is 22.3 Å². The Balaban J connectivity index is 1.21. The molecule has 1 aromatic heterocycles. The number of hydrazine groups is 1. The van der Waals surface area contributed by atoms with Gasteiger partial charge in [0.05, 0.1) is 42.7 Å². The lowest BCUT2D eigenvalue weighted by Crippen LogP contribution is -2.57. The number of aromatic nitrogens is 2. The second-order valence-electron chi connectivity index (χ2n) is 12.1. The average molecular weight is 585 g/mol. The van der Waals surface area contributed by atoms with Crippen LogP contribution in [0.2, 0.25) is 0 Å². The number of nitrogens with one attached hydrogen (secondary N) is 1. The molecule has 2 N–H and O–H groups in total. The molecule has 224 valence electrons.